The number of pyridine rings is 1. The molecule has 0 aliphatic heterocycles. The molecule has 3 aromatic rings. The standard InChI is InChI=1S/C22H20ClN3O3S2/c1-29-16-5-2-4-14(12-16)19(13-20(27)28)26-22(30)25-18-6-3-11-24-21(18)31-17-9-7-15(23)8-10-17/h2-12,19H,13H2,1H3,(H,27,28)(H2,25,26,30)/t19-/m1/s1. The van der Waals surface area contributed by atoms with Crippen LogP contribution >= 0.6 is 35.6 Å². The Morgan fingerprint density at radius 3 is 2.71 bits per heavy atom. The van der Waals surface area contributed by atoms with Crippen LogP contribution in [0.15, 0.2) is 76.8 Å². The van der Waals surface area contributed by atoms with E-state index < -0.39 is 12.0 Å². The van der Waals surface area contributed by atoms with E-state index in [9.17, 15) is 9.90 Å². The molecule has 0 amide bonds. The Hall–Kier alpha value is -2.81. The summed E-state index contributed by atoms with van der Waals surface area (Å²) in [5.41, 5.74) is 1.47. The number of carbonyl (C=O) groups is 1. The summed E-state index contributed by atoms with van der Waals surface area (Å²) in [5, 5.41) is 17.2. The molecule has 9 heteroatoms. The predicted molar refractivity (Wildman–Crippen MR) is 127 cm³/mol. The van der Waals surface area contributed by atoms with Crippen LogP contribution in [-0.4, -0.2) is 28.3 Å². The lowest BCUT2D eigenvalue weighted by Crippen LogP contribution is -2.33. The van der Waals surface area contributed by atoms with Crippen molar-refractivity contribution in [3.63, 3.8) is 0 Å². The van der Waals surface area contributed by atoms with Gasteiger partial charge in [-0.3, -0.25) is 4.79 Å². The first-order chi connectivity index (χ1) is 14.9. The maximum atomic E-state index is 11.4. The molecular formula is C22H20ClN3O3S2. The average Bonchev–Trinajstić information content (AvgIpc) is 2.76. The Morgan fingerprint density at radius 2 is 2.00 bits per heavy atom. The molecule has 0 saturated carbocycles. The number of aliphatic carboxylic acids is 1. The number of methoxy groups -OCH3 is 1. The number of hydrogen-bond acceptors (Lipinski definition) is 5. The quantitative estimate of drug-likeness (QED) is 0.375. The number of halogens is 1. The Morgan fingerprint density at radius 1 is 1.23 bits per heavy atom. The number of aromatic nitrogens is 1. The van der Waals surface area contributed by atoms with Gasteiger partial charge in [0, 0.05) is 16.1 Å². The molecule has 0 fully saturated rings. The van der Waals surface area contributed by atoms with E-state index in [0.717, 1.165) is 15.5 Å². The molecule has 0 aliphatic rings. The van der Waals surface area contributed by atoms with E-state index in [-0.39, 0.29) is 6.42 Å². The second kappa shape index (κ2) is 11.0. The highest BCUT2D eigenvalue weighted by atomic mass is 35.5. The van der Waals surface area contributed by atoms with Crippen molar-refractivity contribution in [3.05, 3.63) is 77.4 Å². The number of benzene rings is 2. The Kier molecular flexibility index (Phi) is 8.11. The van der Waals surface area contributed by atoms with Gasteiger partial charge in [-0.2, -0.15) is 0 Å². The zero-order valence-corrected chi connectivity index (χ0v) is 18.9. The number of nitrogens with zero attached hydrogens (tertiary/aromatic N) is 1. The lowest BCUT2D eigenvalue weighted by atomic mass is 10.0. The van der Waals surface area contributed by atoms with Crippen molar-refractivity contribution in [2.45, 2.75) is 22.4 Å². The summed E-state index contributed by atoms with van der Waals surface area (Å²) in [7, 11) is 1.56. The topological polar surface area (TPSA) is 83.5 Å². The molecule has 1 aromatic heterocycles. The molecule has 0 unspecified atom stereocenters. The number of rotatable bonds is 8. The first-order valence-electron chi connectivity index (χ1n) is 9.26. The molecule has 0 spiro atoms. The molecule has 3 N–H and O–H groups in total. The van der Waals surface area contributed by atoms with E-state index in [1.54, 1.807) is 31.5 Å². The average molecular weight is 474 g/mol. The fraction of sp³-hybridized carbons (Fsp3) is 0.136. The van der Waals surface area contributed by atoms with Crippen LogP contribution in [-0.2, 0) is 4.79 Å². The van der Waals surface area contributed by atoms with Gasteiger partial charge in [0.25, 0.3) is 0 Å². The largest absolute Gasteiger partial charge is 0.497 e. The summed E-state index contributed by atoms with van der Waals surface area (Å²) in [6, 6.07) is 17.8. The molecule has 0 saturated heterocycles. The second-order valence-corrected chi connectivity index (χ2v) is 8.34. The highest BCUT2D eigenvalue weighted by Gasteiger charge is 2.18. The molecule has 6 nitrogen and oxygen atoms in total. The van der Waals surface area contributed by atoms with Crippen molar-refractivity contribution < 1.29 is 14.6 Å². The van der Waals surface area contributed by atoms with Crippen molar-refractivity contribution in [3.8, 4) is 5.75 Å². The minimum absolute atomic E-state index is 0.144. The number of carboxylic acid groups (broad SMARTS) is 1. The SMILES string of the molecule is COc1cccc([C@@H](CC(=O)O)NC(=S)Nc2cccnc2Sc2ccc(Cl)cc2)c1. The van der Waals surface area contributed by atoms with Crippen LogP contribution in [0.5, 0.6) is 5.75 Å². The first-order valence-corrected chi connectivity index (χ1v) is 10.9. The molecule has 0 radical (unpaired) electrons. The second-order valence-electron chi connectivity index (χ2n) is 6.44. The van der Waals surface area contributed by atoms with E-state index in [1.807, 2.05) is 42.5 Å². The molecule has 1 atom stereocenters. The van der Waals surface area contributed by atoms with E-state index in [1.165, 1.54) is 11.8 Å². The number of hydrogen-bond donors (Lipinski definition) is 3. The van der Waals surface area contributed by atoms with Crippen LogP contribution in [0.1, 0.15) is 18.0 Å². The van der Waals surface area contributed by atoms with E-state index in [0.29, 0.717) is 21.6 Å². The van der Waals surface area contributed by atoms with Gasteiger partial charge in [0.2, 0.25) is 0 Å². The monoisotopic (exact) mass is 473 g/mol. The van der Waals surface area contributed by atoms with Gasteiger partial charge >= 0.3 is 5.97 Å². The summed E-state index contributed by atoms with van der Waals surface area (Å²) in [5.74, 6) is -0.300. The molecule has 0 bridgehead atoms. The van der Waals surface area contributed by atoms with Crippen LogP contribution in [0.2, 0.25) is 5.02 Å². The lowest BCUT2D eigenvalue weighted by molar-refractivity contribution is -0.137. The Bertz CT molecular complexity index is 1060. The van der Waals surface area contributed by atoms with Crippen LogP contribution in [0.3, 0.4) is 0 Å². The third-order valence-corrected chi connectivity index (χ3v) is 5.73. The van der Waals surface area contributed by atoms with Crippen molar-refractivity contribution in [2.24, 2.45) is 0 Å². The van der Waals surface area contributed by atoms with Crippen LogP contribution in [0.25, 0.3) is 0 Å². The minimum Gasteiger partial charge on any atom is -0.497 e. The summed E-state index contributed by atoms with van der Waals surface area (Å²) in [6.07, 6.45) is 1.55. The Balaban J connectivity index is 1.75. The molecule has 2 aromatic carbocycles. The van der Waals surface area contributed by atoms with Gasteiger partial charge in [-0.15, -0.1) is 0 Å². The van der Waals surface area contributed by atoms with Crippen LogP contribution < -0.4 is 15.4 Å². The predicted octanol–water partition coefficient (Wildman–Crippen LogP) is 5.40. The molecule has 0 aliphatic carbocycles. The smallest absolute Gasteiger partial charge is 0.305 e. The van der Waals surface area contributed by atoms with E-state index in [2.05, 4.69) is 15.6 Å². The number of ether oxygens (including phenoxy) is 1. The summed E-state index contributed by atoms with van der Waals surface area (Å²) >= 11 is 12.9. The van der Waals surface area contributed by atoms with Gasteiger partial charge in [-0.05, 0) is 66.3 Å². The molecular weight excluding hydrogens is 454 g/mol. The van der Waals surface area contributed by atoms with Crippen LogP contribution in [0.4, 0.5) is 5.69 Å². The van der Waals surface area contributed by atoms with Gasteiger partial charge in [0.1, 0.15) is 10.8 Å². The minimum atomic E-state index is -0.941. The fourth-order valence-corrected chi connectivity index (χ4v) is 4.00. The molecule has 1 heterocycles. The zero-order valence-electron chi connectivity index (χ0n) is 16.5. The maximum absolute atomic E-state index is 11.4. The Labute approximate surface area is 195 Å². The van der Waals surface area contributed by atoms with Crippen molar-refractivity contribution >= 4 is 52.3 Å². The van der Waals surface area contributed by atoms with Gasteiger partial charge in [0.15, 0.2) is 5.11 Å². The first kappa shape index (κ1) is 22.9. The van der Waals surface area contributed by atoms with Crippen molar-refractivity contribution in [1.29, 1.82) is 0 Å². The van der Waals surface area contributed by atoms with Gasteiger partial charge < -0.3 is 20.5 Å². The normalized spacial score (nSPS) is 11.4. The highest BCUT2D eigenvalue weighted by Crippen LogP contribution is 2.32. The van der Waals surface area contributed by atoms with Gasteiger partial charge in [0.05, 0.1) is 25.3 Å². The zero-order chi connectivity index (χ0) is 22.2. The number of carboxylic acids is 1. The lowest BCUT2D eigenvalue weighted by Gasteiger charge is -2.21. The van der Waals surface area contributed by atoms with E-state index >= 15 is 0 Å². The summed E-state index contributed by atoms with van der Waals surface area (Å²) in [6.45, 7) is 0. The summed E-state index contributed by atoms with van der Waals surface area (Å²) in [4.78, 5) is 16.8. The molecule has 31 heavy (non-hydrogen) atoms. The third kappa shape index (κ3) is 6.85. The van der Waals surface area contributed by atoms with Gasteiger partial charge in [-0.1, -0.05) is 35.5 Å². The molecule has 3 rings (SSSR count). The fourth-order valence-electron chi connectivity index (χ4n) is 2.78. The van der Waals surface area contributed by atoms with Gasteiger partial charge in [-0.25, -0.2) is 4.98 Å². The van der Waals surface area contributed by atoms with E-state index in [4.69, 9.17) is 28.6 Å². The maximum Gasteiger partial charge on any atom is 0.305 e. The van der Waals surface area contributed by atoms with Crippen molar-refractivity contribution in [2.75, 3.05) is 12.4 Å². The number of anilines is 1. The van der Waals surface area contributed by atoms with Crippen molar-refractivity contribution in [1.82, 2.24) is 10.3 Å². The highest BCUT2D eigenvalue weighted by molar-refractivity contribution is 7.99. The number of thiocarbonyl (C=S) groups is 1. The number of nitrogens with one attached hydrogen (secondary N) is 2. The van der Waals surface area contributed by atoms with Crippen LogP contribution in [0, 0.1) is 0 Å². The summed E-state index contributed by atoms with van der Waals surface area (Å²) < 4.78 is 5.25. The molecule has 160 valence electrons. The third-order valence-electron chi connectivity index (χ3n) is 4.23.